The van der Waals surface area contributed by atoms with Gasteiger partial charge in [0.1, 0.15) is 47.8 Å². The molecule has 9 heteroatoms. The van der Waals surface area contributed by atoms with Crippen LogP contribution in [-0.2, 0) is 4.74 Å². The van der Waals surface area contributed by atoms with Crippen molar-refractivity contribution in [1.82, 2.24) is 0 Å². The molecule has 31 heavy (non-hydrogen) atoms. The summed E-state index contributed by atoms with van der Waals surface area (Å²) >= 11 is 0. The van der Waals surface area contributed by atoms with Crippen molar-refractivity contribution in [3.63, 3.8) is 0 Å². The molecular weight excluding hydrogens is 408 g/mol. The van der Waals surface area contributed by atoms with Crippen LogP contribution in [0.5, 0.6) is 11.5 Å². The van der Waals surface area contributed by atoms with Crippen molar-refractivity contribution < 1.29 is 39.1 Å². The van der Waals surface area contributed by atoms with Crippen molar-refractivity contribution in [1.29, 1.82) is 0 Å². The van der Waals surface area contributed by atoms with Gasteiger partial charge in [-0.25, -0.2) is 0 Å². The molecule has 1 aromatic heterocycles. The molecule has 2 unspecified atom stereocenters. The SMILES string of the molecule is COc1ccc(-c2coc3cc(O[C@@H]4OC(CO)[C@@H](O)[C@H](O)C4O)ccc3c2=O)cc1. The Morgan fingerprint density at radius 3 is 2.35 bits per heavy atom. The second-order valence-corrected chi connectivity index (χ2v) is 7.18. The van der Waals surface area contributed by atoms with Gasteiger partial charge in [0.05, 0.1) is 24.7 Å². The van der Waals surface area contributed by atoms with Gasteiger partial charge in [0.2, 0.25) is 6.29 Å². The largest absolute Gasteiger partial charge is 0.497 e. The van der Waals surface area contributed by atoms with Gasteiger partial charge in [0.15, 0.2) is 5.43 Å². The number of rotatable bonds is 5. The molecule has 5 atom stereocenters. The van der Waals surface area contributed by atoms with E-state index in [4.69, 9.17) is 18.6 Å². The molecule has 1 saturated heterocycles. The lowest BCUT2D eigenvalue weighted by molar-refractivity contribution is -0.277. The minimum atomic E-state index is -1.55. The molecular formula is C22H22O9. The van der Waals surface area contributed by atoms with Gasteiger partial charge < -0.3 is 39.1 Å². The first kappa shape index (κ1) is 21.3. The van der Waals surface area contributed by atoms with Crippen LogP contribution < -0.4 is 14.9 Å². The Balaban J connectivity index is 1.61. The first-order chi connectivity index (χ1) is 14.9. The maximum absolute atomic E-state index is 12.9. The first-order valence-electron chi connectivity index (χ1n) is 9.60. The molecule has 4 N–H and O–H groups in total. The fraction of sp³-hybridized carbons (Fsp3) is 0.318. The Bertz CT molecular complexity index is 1110. The van der Waals surface area contributed by atoms with Crippen molar-refractivity contribution in [3.05, 3.63) is 59.0 Å². The summed E-state index contributed by atoms with van der Waals surface area (Å²) < 4.78 is 21.7. The molecule has 0 bridgehead atoms. The highest BCUT2D eigenvalue weighted by Crippen LogP contribution is 2.28. The van der Waals surface area contributed by atoms with Crippen LogP contribution in [0.4, 0.5) is 0 Å². The Morgan fingerprint density at radius 1 is 0.968 bits per heavy atom. The Hall–Kier alpha value is -2.95. The van der Waals surface area contributed by atoms with Crippen molar-refractivity contribution in [2.45, 2.75) is 30.7 Å². The molecule has 1 aliphatic heterocycles. The minimum Gasteiger partial charge on any atom is -0.497 e. The summed E-state index contributed by atoms with van der Waals surface area (Å²) in [6.07, 6.45) is -5.65. The summed E-state index contributed by atoms with van der Waals surface area (Å²) in [7, 11) is 1.56. The molecule has 0 amide bonds. The number of fused-ring (bicyclic) bond motifs is 1. The van der Waals surface area contributed by atoms with E-state index in [9.17, 15) is 25.2 Å². The number of benzene rings is 2. The van der Waals surface area contributed by atoms with Gasteiger partial charge in [-0.2, -0.15) is 0 Å². The summed E-state index contributed by atoms with van der Waals surface area (Å²) in [6, 6.07) is 11.5. The molecule has 0 saturated carbocycles. The third-order valence-corrected chi connectivity index (χ3v) is 5.25. The van der Waals surface area contributed by atoms with Crippen LogP contribution in [0, 0.1) is 0 Å². The van der Waals surface area contributed by atoms with Crippen LogP contribution in [0.1, 0.15) is 0 Å². The maximum Gasteiger partial charge on any atom is 0.229 e. The van der Waals surface area contributed by atoms with Crippen LogP contribution in [0.2, 0.25) is 0 Å². The second kappa shape index (κ2) is 8.66. The van der Waals surface area contributed by atoms with E-state index in [1.54, 1.807) is 31.4 Å². The zero-order valence-electron chi connectivity index (χ0n) is 16.5. The monoisotopic (exact) mass is 430 g/mol. The average molecular weight is 430 g/mol. The number of hydrogen-bond acceptors (Lipinski definition) is 9. The number of methoxy groups -OCH3 is 1. The molecule has 1 fully saturated rings. The van der Waals surface area contributed by atoms with Crippen LogP contribution in [-0.4, -0.2) is 64.8 Å². The molecule has 0 radical (unpaired) electrons. The van der Waals surface area contributed by atoms with Gasteiger partial charge in [-0.3, -0.25) is 4.79 Å². The fourth-order valence-electron chi connectivity index (χ4n) is 3.45. The smallest absolute Gasteiger partial charge is 0.229 e. The zero-order valence-corrected chi connectivity index (χ0v) is 16.5. The molecule has 4 rings (SSSR count). The fourth-order valence-corrected chi connectivity index (χ4v) is 3.45. The van der Waals surface area contributed by atoms with Gasteiger partial charge in [-0.1, -0.05) is 12.1 Å². The second-order valence-electron chi connectivity index (χ2n) is 7.18. The minimum absolute atomic E-state index is 0.206. The van der Waals surface area contributed by atoms with E-state index in [2.05, 4.69) is 0 Å². The summed E-state index contributed by atoms with van der Waals surface area (Å²) in [5.41, 5.74) is 1.09. The molecule has 164 valence electrons. The summed E-state index contributed by atoms with van der Waals surface area (Å²) in [4.78, 5) is 12.9. The van der Waals surface area contributed by atoms with E-state index >= 15 is 0 Å². The molecule has 2 aromatic carbocycles. The average Bonchev–Trinajstić information content (AvgIpc) is 2.80. The molecule has 0 spiro atoms. The Kier molecular flexibility index (Phi) is 5.94. The lowest BCUT2D eigenvalue weighted by atomic mass is 9.99. The lowest BCUT2D eigenvalue weighted by Crippen LogP contribution is -2.60. The first-order valence-corrected chi connectivity index (χ1v) is 9.60. The van der Waals surface area contributed by atoms with Crippen LogP contribution in [0.25, 0.3) is 22.1 Å². The van der Waals surface area contributed by atoms with Gasteiger partial charge in [0, 0.05) is 6.07 Å². The number of hydrogen-bond donors (Lipinski definition) is 4. The molecule has 1 aliphatic rings. The highest BCUT2D eigenvalue weighted by atomic mass is 16.7. The Labute approximate surface area is 176 Å². The van der Waals surface area contributed by atoms with Crippen LogP contribution in [0.15, 0.2) is 57.9 Å². The summed E-state index contributed by atoms with van der Waals surface area (Å²) in [6.45, 7) is -0.564. The maximum atomic E-state index is 12.9. The van der Waals surface area contributed by atoms with E-state index < -0.39 is 37.3 Å². The third-order valence-electron chi connectivity index (χ3n) is 5.25. The summed E-state index contributed by atoms with van der Waals surface area (Å²) in [5.74, 6) is 0.876. The van der Waals surface area contributed by atoms with E-state index in [1.165, 1.54) is 24.5 Å². The van der Waals surface area contributed by atoms with E-state index in [0.717, 1.165) is 0 Å². The highest BCUT2D eigenvalue weighted by Gasteiger charge is 2.44. The lowest BCUT2D eigenvalue weighted by Gasteiger charge is -2.39. The third kappa shape index (κ3) is 4.01. The van der Waals surface area contributed by atoms with Crippen molar-refractivity contribution in [2.24, 2.45) is 0 Å². The molecule has 9 nitrogen and oxygen atoms in total. The Morgan fingerprint density at radius 2 is 1.68 bits per heavy atom. The predicted octanol–water partition coefficient (Wildman–Crippen LogP) is 0.647. The molecule has 0 aliphatic carbocycles. The van der Waals surface area contributed by atoms with Gasteiger partial charge in [-0.05, 0) is 29.8 Å². The van der Waals surface area contributed by atoms with Gasteiger partial charge >= 0.3 is 0 Å². The van der Waals surface area contributed by atoms with E-state index in [-0.39, 0.29) is 16.8 Å². The molecule has 2 heterocycles. The number of ether oxygens (including phenoxy) is 3. The zero-order chi connectivity index (χ0) is 22.1. The van der Waals surface area contributed by atoms with Crippen LogP contribution in [0.3, 0.4) is 0 Å². The standard InChI is InChI=1S/C22H22O9/c1-28-12-4-2-11(3-5-12)15-10-29-16-8-13(6-7-14(16)18(15)24)30-22-21(27)20(26)19(25)17(9-23)31-22/h2-8,10,17,19-23,25-27H,9H2,1H3/t17?,19-,20+,21?,22-/m1/s1. The summed E-state index contributed by atoms with van der Waals surface area (Å²) in [5, 5.41) is 39.5. The van der Waals surface area contributed by atoms with Gasteiger partial charge in [-0.15, -0.1) is 0 Å². The number of aliphatic hydroxyl groups is 4. The predicted molar refractivity (Wildman–Crippen MR) is 109 cm³/mol. The quantitative estimate of drug-likeness (QED) is 0.459. The van der Waals surface area contributed by atoms with Gasteiger partial charge in [0.25, 0.3) is 0 Å². The number of aliphatic hydroxyl groups excluding tert-OH is 4. The van der Waals surface area contributed by atoms with Crippen molar-refractivity contribution >= 4 is 11.0 Å². The topological polar surface area (TPSA) is 139 Å². The van der Waals surface area contributed by atoms with Crippen molar-refractivity contribution in [3.8, 4) is 22.6 Å². The van der Waals surface area contributed by atoms with Crippen molar-refractivity contribution in [2.75, 3.05) is 13.7 Å². The van der Waals surface area contributed by atoms with Crippen LogP contribution >= 0.6 is 0 Å². The normalized spacial score (nSPS) is 26.0. The highest BCUT2D eigenvalue weighted by molar-refractivity contribution is 5.82. The molecule has 3 aromatic rings. The van der Waals surface area contributed by atoms with E-state index in [1.807, 2.05) is 0 Å². The van der Waals surface area contributed by atoms with E-state index in [0.29, 0.717) is 22.3 Å².